The van der Waals surface area contributed by atoms with Crippen LogP contribution in [0, 0.1) is 6.92 Å². The van der Waals surface area contributed by atoms with E-state index in [-0.39, 0.29) is 12.0 Å². The molecule has 0 bridgehead atoms. The average molecular weight is 278 g/mol. The second-order valence-corrected chi connectivity index (χ2v) is 4.09. The number of aromatic amines is 1. The Labute approximate surface area is 117 Å². The number of anilines is 1. The lowest BCUT2D eigenvalue weighted by atomic mass is 10.5. The molecule has 2 aromatic rings. The van der Waals surface area contributed by atoms with Gasteiger partial charge in [0.1, 0.15) is 0 Å². The lowest BCUT2D eigenvalue weighted by molar-refractivity contribution is 0.285. The fraction of sp³-hybridized carbons (Fsp3) is 0.500. The zero-order chi connectivity index (χ0) is 14.4. The molecular formula is C12H18N6O2. The van der Waals surface area contributed by atoms with Crippen LogP contribution in [-0.2, 0) is 0 Å². The van der Waals surface area contributed by atoms with Crippen LogP contribution in [0.5, 0.6) is 17.9 Å². The van der Waals surface area contributed by atoms with Crippen LogP contribution in [0.4, 0.5) is 5.95 Å². The molecule has 2 aromatic heterocycles. The van der Waals surface area contributed by atoms with E-state index in [0.29, 0.717) is 25.0 Å². The van der Waals surface area contributed by atoms with Crippen LogP contribution in [-0.4, -0.2) is 38.3 Å². The van der Waals surface area contributed by atoms with E-state index in [1.807, 2.05) is 20.8 Å². The molecule has 8 heteroatoms. The molecule has 0 fully saturated rings. The minimum atomic E-state index is 0.147. The molecular weight excluding hydrogens is 260 g/mol. The van der Waals surface area contributed by atoms with Crippen LogP contribution < -0.4 is 14.8 Å². The van der Waals surface area contributed by atoms with E-state index in [1.165, 1.54) is 0 Å². The summed E-state index contributed by atoms with van der Waals surface area (Å²) in [5.41, 5.74) is 0.892. The van der Waals surface area contributed by atoms with Gasteiger partial charge in [-0.15, -0.1) is 10.1 Å². The first-order valence-corrected chi connectivity index (χ1v) is 6.54. The predicted molar refractivity (Wildman–Crippen MR) is 73.2 cm³/mol. The fourth-order valence-corrected chi connectivity index (χ4v) is 1.42. The fourth-order valence-electron chi connectivity index (χ4n) is 1.42. The molecule has 20 heavy (non-hydrogen) atoms. The first-order valence-electron chi connectivity index (χ1n) is 6.54. The van der Waals surface area contributed by atoms with Gasteiger partial charge < -0.3 is 14.8 Å². The molecule has 0 unspecified atom stereocenters. The van der Waals surface area contributed by atoms with E-state index in [0.717, 1.165) is 12.1 Å². The van der Waals surface area contributed by atoms with Gasteiger partial charge in [-0.2, -0.15) is 9.97 Å². The van der Waals surface area contributed by atoms with Crippen molar-refractivity contribution in [1.29, 1.82) is 0 Å². The highest BCUT2D eigenvalue weighted by atomic mass is 16.5. The zero-order valence-electron chi connectivity index (χ0n) is 11.8. The summed E-state index contributed by atoms with van der Waals surface area (Å²) in [5.74, 6) is 0.813. The summed E-state index contributed by atoms with van der Waals surface area (Å²) < 4.78 is 10.9. The van der Waals surface area contributed by atoms with E-state index >= 15 is 0 Å². The van der Waals surface area contributed by atoms with Gasteiger partial charge in [-0.25, -0.2) is 0 Å². The molecule has 0 spiro atoms. The first kappa shape index (κ1) is 14.0. The number of aryl methyl sites for hydroxylation is 1. The molecule has 0 aliphatic heterocycles. The Hall–Kier alpha value is -2.38. The van der Waals surface area contributed by atoms with Crippen molar-refractivity contribution >= 4 is 5.95 Å². The second kappa shape index (κ2) is 6.69. The molecule has 0 atom stereocenters. The highest BCUT2D eigenvalue weighted by Gasteiger charge is 2.10. The maximum Gasteiger partial charge on any atom is 0.331 e. The molecule has 0 radical (unpaired) electrons. The summed E-state index contributed by atoms with van der Waals surface area (Å²) >= 11 is 0. The van der Waals surface area contributed by atoms with Crippen molar-refractivity contribution in [2.45, 2.75) is 27.2 Å². The number of H-pyrrole nitrogens is 1. The largest absolute Gasteiger partial charge is 0.463 e. The number of nitrogens with one attached hydrogen (secondary N) is 2. The molecule has 108 valence electrons. The number of rotatable bonds is 7. The van der Waals surface area contributed by atoms with E-state index in [1.54, 1.807) is 6.07 Å². The summed E-state index contributed by atoms with van der Waals surface area (Å²) in [4.78, 5) is 12.4. The van der Waals surface area contributed by atoms with Crippen LogP contribution in [0.15, 0.2) is 6.07 Å². The van der Waals surface area contributed by atoms with Crippen molar-refractivity contribution in [2.24, 2.45) is 0 Å². The minimum absolute atomic E-state index is 0.147. The third kappa shape index (κ3) is 3.81. The molecule has 0 saturated carbocycles. The normalized spacial score (nSPS) is 10.3. The van der Waals surface area contributed by atoms with Gasteiger partial charge in [0.25, 0.3) is 0 Å². The van der Waals surface area contributed by atoms with Crippen molar-refractivity contribution in [3.8, 4) is 17.9 Å². The Morgan fingerprint density at radius 2 is 2.00 bits per heavy atom. The van der Waals surface area contributed by atoms with Crippen molar-refractivity contribution in [3.63, 3.8) is 0 Å². The van der Waals surface area contributed by atoms with Gasteiger partial charge in [0.15, 0.2) is 0 Å². The summed E-state index contributed by atoms with van der Waals surface area (Å²) in [7, 11) is 0. The third-order valence-electron chi connectivity index (χ3n) is 2.24. The van der Waals surface area contributed by atoms with Crippen molar-refractivity contribution in [3.05, 3.63) is 11.8 Å². The Bertz CT molecular complexity index is 557. The predicted octanol–water partition coefficient (Wildman–Crippen LogP) is 1.92. The zero-order valence-corrected chi connectivity index (χ0v) is 11.8. The quantitative estimate of drug-likeness (QED) is 0.798. The average Bonchev–Trinajstić information content (AvgIpc) is 2.82. The van der Waals surface area contributed by atoms with E-state index in [2.05, 4.69) is 30.5 Å². The molecule has 0 aliphatic rings. The maximum atomic E-state index is 5.48. The van der Waals surface area contributed by atoms with E-state index < -0.39 is 0 Å². The first-order chi connectivity index (χ1) is 9.71. The number of nitrogens with zero attached hydrogens (tertiary/aromatic N) is 4. The highest BCUT2D eigenvalue weighted by Crippen LogP contribution is 2.19. The number of ether oxygens (including phenoxy) is 2. The highest BCUT2D eigenvalue weighted by molar-refractivity contribution is 5.28. The number of aromatic nitrogens is 5. The summed E-state index contributed by atoms with van der Waals surface area (Å²) in [6.45, 7) is 7.08. The summed E-state index contributed by atoms with van der Waals surface area (Å²) in [6, 6.07) is 2.14. The Morgan fingerprint density at radius 1 is 1.20 bits per heavy atom. The van der Waals surface area contributed by atoms with Gasteiger partial charge in [0.2, 0.25) is 11.8 Å². The number of hydrogen-bond donors (Lipinski definition) is 2. The van der Waals surface area contributed by atoms with Crippen LogP contribution in [0.3, 0.4) is 0 Å². The van der Waals surface area contributed by atoms with Gasteiger partial charge in [-0.1, -0.05) is 6.92 Å². The topological polar surface area (TPSA) is 97.8 Å². The molecule has 0 aromatic carbocycles. The smallest absolute Gasteiger partial charge is 0.331 e. The van der Waals surface area contributed by atoms with Gasteiger partial charge in [-0.05, 0) is 20.3 Å². The second-order valence-electron chi connectivity index (χ2n) is 4.09. The summed E-state index contributed by atoms with van der Waals surface area (Å²) in [5, 5.41) is 9.76. The van der Waals surface area contributed by atoms with Crippen LogP contribution in [0.25, 0.3) is 0 Å². The maximum absolute atomic E-state index is 5.48. The van der Waals surface area contributed by atoms with Crippen LogP contribution >= 0.6 is 0 Å². The molecule has 0 aliphatic carbocycles. The Kier molecular flexibility index (Phi) is 4.70. The van der Waals surface area contributed by atoms with Gasteiger partial charge >= 0.3 is 12.0 Å². The van der Waals surface area contributed by atoms with Gasteiger partial charge in [-0.3, -0.25) is 5.10 Å². The molecule has 0 amide bonds. The standard InChI is InChI=1S/C12H18N6O2/c1-4-6-19-11-14-10(13-5-2)15-12(16-11)20-9-7-8(3)17-18-9/h7H,4-6H2,1-3H3,(H,17,18)(H,13,14,15,16). The van der Waals surface area contributed by atoms with E-state index in [9.17, 15) is 0 Å². The minimum Gasteiger partial charge on any atom is -0.463 e. The van der Waals surface area contributed by atoms with Crippen molar-refractivity contribution in [2.75, 3.05) is 18.5 Å². The van der Waals surface area contributed by atoms with E-state index in [4.69, 9.17) is 9.47 Å². The van der Waals surface area contributed by atoms with Crippen molar-refractivity contribution in [1.82, 2.24) is 25.1 Å². The monoisotopic (exact) mass is 278 g/mol. The molecule has 2 heterocycles. The Morgan fingerprint density at radius 3 is 2.65 bits per heavy atom. The molecule has 2 rings (SSSR count). The van der Waals surface area contributed by atoms with Gasteiger partial charge in [0.05, 0.1) is 6.61 Å². The van der Waals surface area contributed by atoms with Crippen LogP contribution in [0.1, 0.15) is 26.0 Å². The lowest BCUT2D eigenvalue weighted by Crippen LogP contribution is -2.08. The molecule has 0 saturated heterocycles. The van der Waals surface area contributed by atoms with Gasteiger partial charge in [0, 0.05) is 18.3 Å². The molecule has 2 N–H and O–H groups in total. The SMILES string of the molecule is CCCOc1nc(NCC)nc(Oc2cc(C)[nH]n2)n1. The van der Waals surface area contributed by atoms with Crippen LogP contribution in [0.2, 0.25) is 0 Å². The summed E-state index contributed by atoms with van der Waals surface area (Å²) in [6.07, 6.45) is 0.872. The number of hydrogen-bond acceptors (Lipinski definition) is 7. The third-order valence-corrected chi connectivity index (χ3v) is 2.24. The van der Waals surface area contributed by atoms with Crippen molar-refractivity contribution < 1.29 is 9.47 Å². The Balaban J connectivity index is 2.18. The molecule has 8 nitrogen and oxygen atoms in total. The lowest BCUT2D eigenvalue weighted by Gasteiger charge is -2.07.